The molecule has 0 fully saturated rings. The minimum atomic E-state index is -9.14. The average molecular weight is 1150 g/mol. The number of hydrogen-bond donors (Lipinski definition) is 2. The van der Waals surface area contributed by atoms with Crippen LogP contribution >= 0.6 is 0 Å². The van der Waals surface area contributed by atoms with E-state index in [0.717, 1.165) is 56.6 Å². The monoisotopic (exact) mass is 1150 g/mol. The van der Waals surface area contributed by atoms with E-state index in [1.165, 1.54) is 9.47 Å². The van der Waals surface area contributed by atoms with Crippen molar-refractivity contribution in [3.63, 3.8) is 0 Å². The molecule has 0 atom stereocenters. The Balaban J connectivity index is 6.81. The van der Waals surface area contributed by atoms with Gasteiger partial charge in [-0.1, -0.05) is 36.5 Å². The van der Waals surface area contributed by atoms with E-state index in [1.807, 2.05) is 0 Å². The van der Waals surface area contributed by atoms with Gasteiger partial charge in [-0.15, -0.1) is 39.5 Å². The highest BCUT2D eigenvalue weighted by Crippen LogP contribution is 2.59. The van der Waals surface area contributed by atoms with E-state index in [-0.39, 0.29) is 38.5 Å². The maximum atomic E-state index is 14.4. The summed E-state index contributed by atoms with van der Waals surface area (Å²) < 4.78 is 402. The maximum absolute atomic E-state index is 14.4. The summed E-state index contributed by atoms with van der Waals surface area (Å²) >= 11 is 0. The van der Waals surface area contributed by atoms with E-state index in [2.05, 4.69) is 39.5 Å². The molecule has 0 heterocycles. The van der Waals surface area contributed by atoms with Crippen LogP contribution in [0, 0.1) is 10.8 Å². The summed E-state index contributed by atoms with van der Waals surface area (Å²) in [5.41, 5.74) is -3.20. The van der Waals surface area contributed by atoms with Crippen LogP contribution in [0.5, 0.6) is 0 Å². The van der Waals surface area contributed by atoms with Gasteiger partial charge in [-0.25, -0.2) is 18.9 Å². The molecular formula is C38H36F28N2O6. The highest BCUT2D eigenvalue weighted by molar-refractivity contribution is 5.85. The smallest absolute Gasteiger partial charge is 0.350 e. The summed E-state index contributed by atoms with van der Waals surface area (Å²) in [4.78, 5) is 23.9. The summed E-state index contributed by atoms with van der Waals surface area (Å²) in [5.74, 6) is -55.7. The van der Waals surface area contributed by atoms with E-state index in [0.29, 0.717) is 0 Å². The number of halogens is 28. The Morgan fingerprint density at radius 1 is 0.297 bits per heavy atom. The fraction of sp³-hybridized carbons (Fsp3) is 0.632. The average Bonchev–Trinajstić information content (AvgIpc) is 3.20. The molecule has 0 aliphatic carbocycles. The number of hydrogen-bond acceptors (Lipinski definition) is 6. The summed E-state index contributed by atoms with van der Waals surface area (Å²) in [6, 6.07) is 0. The minimum absolute atomic E-state index is 0.362. The molecule has 74 heavy (non-hydrogen) atoms. The fourth-order valence-corrected chi connectivity index (χ4v) is 5.68. The van der Waals surface area contributed by atoms with Crippen molar-refractivity contribution in [3.8, 4) is 0 Å². The molecule has 0 saturated heterocycles. The molecule has 0 rings (SSSR count). The number of carbonyl (C=O) groups is 2. The summed E-state index contributed by atoms with van der Waals surface area (Å²) in [5, 5.41) is 1.87. The third kappa shape index (κ3) is 13.4. The molecule has 0 aromatic carbocycles. The lowest BCUT2D eigenvalue weighted by atomic mass is 9.78. The van der Waals surface area contributed by atoms with Gasteiger partial charge in [0.2, 0.25) is 0 Å². The zero-order valence-electron chi connectivity index (χ0n) is 36.4. The largest absolute Gasteiger partial charge is 0.453 e. The Bertz CT molecular complexity index is 1830. The minimum Gasteiger partial charge on any atom is -0.350 e. The number of alkyl halides is 28. The Labute approximate surface area is 397 Å². The van der Waals surface area contributed by atoms with Crippen LogP contribution in [0.4, 0.5) is 123 Å². The zero-order valence-corrected chi connectivity index (χ0v) is 36.4. The highest BCUT2D eigenvalue weighted by atomic mass is 19.4. The van der Waals surface area contributed by atoms with E-state index in [4.69, 9.17) is 0 Å². The molecule has 2 amide bonds. The van der Waals surface area contributed by atoms with E-state index in [1.54, 1.807) is 0 Å². The molecule has 0 aromatic heterocycles. The quantitative estimate of drug-likeness (QED) is 0.0485. The highest BCUT2D eigenvalue weighted by Gasteiger charge is 2.88. The number of nitrogens with one attached hydrogen (secondary N) is 2. The molecule has 36 heteroatoms. The number of amides is 2. The van der Waals surface area contributed by atoms with Gasteiger partial charge in [0.1, 0.15) is 0 Å². The molecule has 0 unspecified atom stereocenters. The molecule has 8 nitrogen and oxygen atoms in total. The van der Waals surface area contributed by atoms with Crippen molar-refractivity contribution in [2.24, 2.45) is 10.8 Å². The van der Waals surface area contributed by atoms with Crippen molar-refractivity contribution in [1.82, 2.24) is 10.6 Å². The van der Waals surface area contributed by atoms with E-state index < -0.39 is 120 Å². The van der Waals surface area contributed by atoms with Crippen molar-refractivity contribution in [2.45, 2.75) is 123 Å². The van der Waals surface area contributed by atoms with Crippen molar-refractivity contribution in [2.75, 3.05) is 13.1 Å². The number of rotatable bonds is 35. The van der Waals surface area contributed by atoms with Crippen LogP contribution in [-0.2, 0) is 28.5 Å². The second-order valence-electron chi connectivity index (χ2n) is 15.3. The van der Waals surface area contributed by atoms with Crippen LogP contribution in [0.3, 0.4) is 0 Å². The number of ether oxygens (including phenoxy) is 4. The van der Waals surface area contributed by atoms with Gasteiger partial charge < -0.3 is 10.6 Å². The van der Waals surface area contributed by atoms with Gasteiger partial charge in [-0.2, -0.15) is 123 Å². The van der Waals surface area contributed by atoms with Gasteiger partial charge in [0, 0.05) is 13.1 Å². The normalized spacial score (nSPS) is 15.0. The van der Waals surface area contributed by atoms with Crippen LogP contribution in [0.1, 0.15) is 38.5 Å². The SMILES string of the molecule is C=CCC(CC=C)(CC=C)CNC(=O)C(F)(F)C(F)(F)C(F)(F)OC(F)(F)C(F)(F)OC(F)(F)C(F)(F)C(F)(F)C(F)(F)OC(F)(F)C(F)(F)OC(F)(F)C(F)(F)C(F)(F)C(=O)NCC(CC=C)(CC=C)CC=C. The molecule has 0 bridgehead atoms. The topological polar surface area (TPSA) is 95.1 Å². The maximum Gasteiger partial charge on any atom is 0.453 e. The molecule has 0 aliphatic heterocycles. The first kappa shape index (κ1) is 69.3. The predicted octanol–water partition coefficient (Wildman–Crippen LogP) is 13.3. The lowest BCUT2D eigenvalue weighted by Gasteiger charge is -2.40. The Hall–Kier alpha value is -4.74. The van der Waals surface area contributed by atoms with Crippen LogP contribution < -0.4 is 10.6 Å². The van der Waals surface area contributed by atoms with Crippen LogP contribution in [-0.4, -0.2) is 109 Å². The molecule has 430 valence electrons. The Morgan fingerprint density at radius 3 is 0.622 bits per heavy atom. The summed E-state index contributed by atoms with van der Waals surface area (Å²) in [7, 11) is 0. The van der Waals surface area contributed by atoms with Gasteiger partial charge in [0.25, 0.3) is 11.8 Å². The van der Waals surface area contributed by atoms with Crippen molar-refractivity contribution in [3.05, 3.63) is 75.9 Å². The second-order valence-corrected chi connectivity index (χ2v) is 15.3. The molecular weight excluding hydrogens is 1110 g/mol. The molecule has 0 radical (unpaired) electrons. The number of allylic oxidation sites excluding steroid dienone is 6. The van der Waals surface area contributed by atoms with Gasteiger partial charge in [-0.3, -0.25) is 9.59 Å². The van der Waals surface area contributed by atoms with Gasteiger partial charge in [0.05, 0.1) is 0 Å². The van der Waals surface area contributed by atoms with Gasteiger partial charge >= 0.3 is 84.4 Å². The first-order chi connectivity index (χ1) is 32.7. The molecule has 0 aliphatic rings. The van der Waals surface area contributed by atoms with Crippen LogP contribution in [0.15, 0.2) is 75.9 Å². The van der Waals surface area contributed by atoms with Gasteiger partial charge in [0.15, 0.2) is 0 Å². The first-order valence-electron chi connectivity index (χ1n) is 19.0. The standard InChI is InChI=1S/C38H36F28N2O6/c1-7-13-23(14-8-2,15-9-3)19-67-21(69)25(39,40)27(43,44)31(51,52)71-35(59,60)37(63,64)73-33(55,56)29(47,48)30(49,50)34(57,58)74-38(65,66)36(61,62)72-32(53,54)28(45,46)26(41,42)22(70)68-20-24(16-10-4,17-11-5)18-12-6/h7-12H,1-6,13-20H2,(H,67,69)(H,68,70). The summed E-state index contributed by atoms with van der Waals surface area (Å²) in [6.45, 7) is 16.9. The van der Waals surface area contributed by atoms with Crippen LogP contribution in [0.2, 0.25) is 0 Å². The second kappa shape index (κ2) is 22.5. The molecule has 2 N–H and O–H groups in total. The third-order valence-electron chi connectivity index (χ3n) is 9.63. The number of carbonyl (C=O) groups excluding carboxylic acids is 2. The lowest BCUT2D eigenvalue weighted by molar-refractivity contribution is -0.571. The van der Waals surface area contributed by atoms with E-state index in [9.17, 15) is 133 Å². The molecule has 0 spiro atoms. The van der Waals surface area contributed by atoms with E-state index >= 15 is 0 Å². The predicted molar refractivity (Wildman–Crippen MR) is 193 cm³/mol. The fourth-order valence-electron chi connectivity index (χ4n) is 5.68. The molecule has 0 saturated carbocycles. The Kier molecular flexibility index (Phi) is 21.0. The zero-order chi connectivity index (χ0) is 59.3. The summed E-state index contributed by atoms with van der Waals surface area (Å²) in [6.07, 6.45) is -63.8. The first-order valence-corrected chi connectivity index (χ1v) is 19.0. The third-order valence-corrected chi connectivity index (χ3v) is 9.63. The van der Waals surface area contributed by atoms with Crippen molar-refractivity contribution < 1.29 is 151 Å². The molecule has 0 aromatic rings. The van der Waals surface area contributed by atoms with Crippen molar-refractivity contribution >= 4 is 11.8 Å². The Morgan fingerprint density at radius 2 is 0.459 bits per heavy atom. The van der Waals surface area contributed by atoms with Crippen LogP contribution in [0.25, 0.3) is 0 Å². The van der Waals surface area contributed by atoms with Crippen molar-refractivity contribution in [1.29, 1.82) is 0 Å². The van der Waals surface area contributed by atoms with Gasteiger partial charge in [-0.05, 0) is 49.4 Å². The lowest BCUT2D eigenvalue weighted by Crippen LogP contribution is -2.68.